The molecule has 14 heteroatoms. The Balaban J connectivity index is 1.63. The number of nitrogens with zero attached hydrogens (tertiary/aromatic N) is 4. The first-order chi connectivity index (χ1) is 17.5. The lowest BCUT2D eigenvalue weighted by Crippen LogP contribution is -2.59. The van der Waals surface area contributed by atoms with Crippen LogP contribution in [0.5, 0.6) is 0 Å². The average Bonchev–Trinajstić information content (AvgIpc) is 3.34. The molecule has 0 radical (unpaired) electrons. The van der Waals surface area contributed by atoms with Gasteiger partial charge in [-0.3, -0.25) is 4.79 Å². The Bertz CT molecular complexity index is 1110. The molecule has 6 atom stereocenters. The summed E-state index contributed by atoms with van der Waals surface area (Å²) in [6, 6.07) is 0.229. The first-order valence-electron chi connectivity index (χ1n) is 11.8. The lowest BCUT2D eigenvalue weighted by atomic mass is 9.77. The molecular weight excluding hydrogens is 517 g/mol. The molecule has 2 heterocycles. The molecule has 4 rings (SSSR count). The Kier molecular flexibility index (Phi) is 8.16. The number of ether oxygens (including phenoxy) is 1. The molecule has 2 fully saturated rings. The summed E-state index contributed by atoms with van der Waals surface area (Å²) in [7, 11) is 1.59. The van der Waals surface area contributed by atoms with Crippen molar-refractivity contribution in [3.63, 3.8) is 0 Å². The molecule has 2 aromatic rings. The second kappa shape index (κ2) is 10.9. The van der Waals surface area contributed by atoms with Crippen LogP contribution in [0.3, 0.4) is 0 Å². The van der Waals surface area contributed by atoms with Crippen LogP contribution in [-0.2, 0) is 9.53 Å². The molecule has 1 aromatic heterocycles. The molecule has 1 aliphatic carbocycles. The summed E-state index contributed by atoms with van der Waals surface area (Å²) in [6.07, 6.45) is -1.44. The molecule has 1 aromatic carbocycles. The predicted molar refractivity (Wildman–Crippen MR) is 126 cm³/mol. The molecule has 1 amide bonds. The van der Waals surface area contributed by atoms with E-state index in [1.807, 2.05) is 0 Å². The number of benzene rings is 1. The maximum absolute atomic E-state index is 13.7. The van der Waals surface area contributed by atoms with Crippen molar-refractivity contribution < 1.29 is 43.1 Å². The van der Waals surface area contributed by atoms with Gasteiger partial charge in [-0.25, -0.2) is 17.9 Å². The number of aromatic nitrogens is 3. The maximum Gasteiger partial charge on any atom is 0.238 e. The van der Waals surface area contributed by atoms with E-state index >= 15 is 0 Å². The Labute approximate surface area is 215 Å². The number of hydrogen-bond donors (Lipinski definition) is 4. The van der Waals surface area contributed by atoms with Crippen molar-refractivity contribution in [2.75, 3.05) is 20.2 Å². The standard InChI is InChI=1S/C23H29F3N4O6S/c1-3-29(2)21(34)20(23(35)5-4-6-23)37-22-19(33)17(18(32)15(10-31)36-22)30-9-14(27-28-30)11-7-12(24)16(26)13(25)8-11/h7-9,15,17-20,22,31-33,35H,3-6,10H2,1-2H3/t15-,17+,18+,19-,20?,22+/m1/s1. The molecule has 1 saturated carbocycles. The monoisotopic (exact) mass is 546 g/mol. The van der Waals surface area contributed by atoms with Gasteiger partial charge in [0.05, 0.1) is 18.4 Å². The normalized spacial score (nSPS) is 28.0. The van der Waals surface area contributed by atoms with E-state index in [1.54, 1.807) is 14.0 Å². The molecule has 2 aliphatic rings. The van der Waals surface area contributed by atoms with Crippen LogP contribution in [0.2, 0.25) is 0 Å². The first kappa shape index (κ1) is 27.8. The second-order valence-corrected chi connectivity index (χ2v) is 10.6. The summed E-state index contributed by atoms with van der Waals surface area (Å²) in [5.41, 5.74) is -2.65. The van der Waals surface area contributed by atoms with Gasteiger partial charge in [-0.1, -0.05) is 5.21 Å². The zero-order chi connectivity index (χ0) is 27.1. The zero-order valence-corrected chi connectivity index (χ0v) is 21.0. The van der Waals surface area contributed by atoms with Gasteiger partial charge in [-0.15, -0.1) is 16.9 Å². The Morgan fingerprint density at radius 3 is 2.46 bits per heavy atom. The van der Waals surface area contributed by atoms with Gasteiger partial charge < -0.3 is 30.1 Å². The van der Waals surface area contributed by atoms with E-state index in [4.69, 9.17) is 4.74 Å². The van der Waals surface area contributed by atoms with Crippen LogP contribution in [0.25, 0.3) is 11.3 Å². The summed E-state index contributed by atoms with van der Waals surface area (Å²) in [5.74, 6) is -4.83. The van der Waals surface area contributed by atoms with E-state index < -0.39 is 64.7 Å². The third-order valence-corrected chi connectivity index (χ3v) is 8.57. The topological polar surface area (TPSA) is 141 Å². The van der Waals surface area contributed by atoms with Crippen LogP contribution in [0.4, 0.5) is 13.2 Å². The molecule has 1 saturated heterocycles. The van der Waals surface area contributed by atoms with Crippen LogP contribution < -0.4 is 0 Å². The smallest absolute Gasteiger partial charge is 0.238 e. The Hall–Kier alpha value is -2.23. The highest BCUT2D eigenvalue weighted by atomic mass is 32.2. The minimum Gasteiger partial charge on any atom is -0.394 e. The van der Waals surface area contributed by atoms with Gasteiger partial charge in [0.15, 0.2) is 17.5 Å². The van der Waals surface area contributed by atoms with Gasteiger partial charge in [0.1, 0.15) is 40.7 Å². The number of hydrogen-bond acceptors (Lipinski definition) is 9. The lowest BCUT2D eigenvalue weighted by molar-refractivity contribution is -0.179. The van der Waals surface area contributed by atoms with Crippen LogP contribution in [0.15, 0.2) is 18.3 Å². The van der Waals surface area contributed by atoms with Crippen molar-refractivity contribution in [2.24, 2.45) is 0 Å². The van der Waals surface area contributed by atoms with Gasteiger partial charge in [0.2, 0.25) is 5.91 Å². The largest absolute Gasteiger partial charge is 0.394 e. The molecule has 10 nitrogen and oxygen atoms in total. The Morgan fingerprint density at radius 1 is 1.27 bits per heavy atom. The van der Waals surface area contributed by atoms with E-state index in [2.05, 4.69) is 10.3 Å². The third-order valence-electron chi connectivity index (χ3n) is 7.00. The van der Waals surface area contributed by atoms with Crippen molar-refractivity contribution in [1.29, 1.82) is 0 Å². The van der Waals surface area contributed by atoms with E-state index in [-0.39, 0.29) is 17.2 Å². The van der Waals surface area contributed by atoms with Crippen LogP contribution in [-0.4, -0.2) is 101 Å². The molecular formula is C23H29F3N4O6S. The highest BCUT2D eigenvalue weighted by Crippen LogP contribution is 2.45. The molecule has 204 valence electrons. The number of carbonyl (C=O) groups excluding carboxylic acids is 1. The number of amides is 1. The van der Waals surface area contributed by atoms with Gasteiger partial charge in [0.25, 0.3) is 0 Å². The number of thioether (sulfide) groups is 1. The van der Waals surface area contributed by atoms with Crippen molar-refractivity contribution in [1.82, 2.24) is 19.9 Å². The van der Waals surface area contributed by atoms with E-state index in [9.17, 15) is 38.4 Å². The number of aliphatic hydroxyl groups is 4. The van der Waals surface area contributed by atoms with Crippen molar-refractivity contribution >= 4 is 17.7 Å². The number of rotatable bonds is 8. The highest BCUT2D eigenvalue weighted by molar-refractivity contribution is 8.01. The summed E-state index contributed by atoms with van der Waals surface area (Å²) < 4.78 is 47.6. The fraction of sp³-hybridized carbons (Fsp3) is 0.609. The van der Waals surface area contributed by atoms with Gasteiger partial charge in [-0.05, 0) is 38.3 Å². The van der Waals surface area contributed by atoms with E-state index in [0.29, 0.717) is 19.4 Å². The molecule has 37 heavy (non-hydrogen) atoms. The van der Waals surface area contributed by atoms with Crippen molar-refractivity contribution in [3.05, 3.63) is 35.8 Å². The minimum atomic E-state index is -1.64. The highest BCUT2D eigenvalue weighted by Gasteiger charge is 2.53. The number of halogens is 3. The minimum absolute atomic E-state index is 0.0603. The number of carbonyl (C=O) groups is 1. The van der Waals surface area contributed by atoms with Crippen molar-refractivity contribution in [3.8, 4) is 11.3 Å². The van der Waals surface area contributed by atoms with Crippen molar-refractivity contribution in [2.45, 2.75) is 66.8 Å². The molecule has 0 spiro atoms. The SMILES string of the molecule is CCN(C)C(=O)C(S[C@@H]1O[C@H](CO)[C@H](O)[C@H](n2cc(-c3cc(F)c(F)c(F)c3)nn2)[C@H]1O)C1(O)CCC1. The summed E-state index contributed by atoms with van der Waals surface area (Å²) in [6.45, 7) is 1.55. The molecule has 1 aliphatic heterocycles. The lowest BCUT2D eigenvalue weighted by Gasteiger charge is -2.47. The maximum atomic E-state index is 13.7. The summed E-state index contributed by atoms with van der Waals surface area (Å²) >= 11 is 0.899. The summed E-state index contributed by atoms with van der Waals surface area (Å²) in [5, 5.41) is 49.6. The molecule has 1 unspecified atom stereocenters. The molecule has 4 N–H and O–H groups in total. The number of aliphatic hydroxyl groups excluding tert-OH is 3. The average molecular weight is 547 g/mol. The fourth-order valence-electron chi connectivity index (χ4n) is 4.46. The fourth-order valence-corrected chi connectivity index (χ4v) is 6.04. The quantitative estimate of drug-likeness (QED) is 0.355. The van der Waals surface area contributed by atoms with E-state index in [1.165, 1.54) is 11.1 Å². The second-order valence-electron chi connectivity index (χ2n) is 9.36. The first-order valence-corrected chi connectivity index (χ1v) is 12.8. The summed E-state index contributed by atoms with van der Waals surface area (Å²) in [4.78, 5) is 14.5. The van der Waals surface area contributed by atoms with Crippen LogP contribution in [0, 0.1) is 17.5 Å². The third kappa shape index (κ3) is 5.22. The van der Waals surface area contributed by atoms with Crippen LogP contribution >= 0.6 is 11.8 Å². The van der Waals surface area contributed by atoms with E-state index in [0.717, 1.165) is 35.0 Å². The molecule has 0 bridgehead atoms. The van der Waals surface area contributed by atoms with Gasteiger partial charge >= 0.3 is 0 Å². The van der Waals surface area contributed by atoms with Crippen LogP contribution in [0.1, 0.15) is 32.2 Å². The predicted octanol–water partition coefficient (Wildman–Crippen LogP) is 0.838. The zero-order valence-electron chi connectivity index (χ0n) is 20.2. The Morgan fingerprint density at radius 2 is 1.92 bits per heavy atom. The van der Waals surface area contributed by atoms with Gasteiger partial charge in [0, 0.05) is 19.2 Å². The van der Waals surface area contributed by atoms with Gasteiger partial charge in [-0.2, -0.15) is 0 Å².